The number of ether oxygens (including phenoxy) is 1. The van der Waals surface area contributed by atoms with Gasteiger partial charge in [-0.3, -0.25) is 9.69 Å². The molecule has 1 fully saturated rings. The summed E-state index contributed by atoms with van der Waals surface area (Å²) >= 11 is 0. The van der Waals surface area contributed by atoms with Crippen LogP contribution in [0.5, 0.6) is 0 Å². The fourth-order valence-corrected chi connectivity index (χ4v) is 3.00. The standard InChI is InChI=1S/C12H16N2O4S/c1-14-8-11(14)19(16,17)13-7-12(15)18-9-10-5-3-2-4-6-10/h2-6,11,13H,7-9H2,1H3. The molecule has 1 aromatic rings. The Kier molecular flexibility index (Phi) is 4.18. The van der Waals surface area contributed by atoms with Gasteiger partial charge in [-0.25, -0.2) is 13.1 Å². The minimum atomic E-state index is -3.44. The van der Waals surface area contributed by atoms with Gasteiger partial charge in [0.15, 0.2) is 0 Å². The third-order valence-corrected chi connectivity index (χ3v) is 4.59. The Morgan fingerprint density at radius 1 is 1.42 bits per heavy atom. The number of esters is 1. The lowest BCUT2D eigenvalue weighted by Gasteiger charge is -2.06. The van der Waals surface area contributed by atoms with E-state index in [1.807, 2.05) is 30.3 Å². The fourth-order valence-electron chi connectivity index (χ4n) is 1.58. The zero-order valence-electron chi connectivity index (χ0n) is 10.6. The Balaban J connectivity index is 1.73. The van der Waals surface area contributed by atoms with Gasteiger partial charge in [0.2, 0.25) is 10.0 Å². The summed E-state index contributed by atoms with van der Waals surface area (Å²) in [5.41, 5.74) is 0.862. The summed E-state index contributed by atoms with van der Waals surface area (Å²) in [6, 6.07) is 9.21. The molecule has 0 aliphatic carbocycles. The highest BCUT2D eigenvalue weighted by Gasteiger charge is 2.42. The van der Waals surface area contributed by atoms with E-state index in [0.29, 0.717) is 6.54 Å². The van der Waals surface area contributed by atoms with Crippen molar-refractivity contribution in [2.75, 3.05) is 20.1 Å². The number of carbonyl (C=O) groups is 1. The van der Waals surface area contributed by atoms with Crippen LogP contribution in [0.15, 0.2) is 30.3 Å². The summed E-state index contributed by atoms with van der Waals surface area (Å²) in [4.78, 5) is 13.1. The molecular formula is C12H16N2O4S. The van der Waals surface area contributed by atoms with Crippen molar-refractivity contribution in [3.05, 3.63) is 35.9 Å². The lowest BCUT2D eigenvalue weighted by atomic mass is 10.2. The van der Waals surface area contributed by atoms with Crippen molar-refractivity contribution < 1.29 is 17.9 Å². The molecule has 0 bridgehead atoms. The topological polar surface area (TPSA) is 75.5 Å². The quantitative estimate of drug-likeness (QED) is 0.584. The molecule has 7 heteroatoms. The summed E-state index contributed by atoms with van der Waals surface area (Å²) in [6.45, 7) is 0.304. The van der Waals surface area contributed by atoms with Gasteiger partial charge in [-0.1, -0.05) is 30.3 Å². The number of carbonyl (C=O) groups excluding carboxylic acids is 1. The van der Waals surface area contributed by atoms with Crippen LogP contribution in [-0.4, -0.2) is 44.8 Å². The maximum Gasteiger partial charge on any atom is 0.321 e. The van der Waals surface area contributed by atoms with Gasteiger partial charge >= 0.3 is 5.97 Å². The molecule has 2 atom stereocenters. The van der Waals surface area contributed by atoms with Crippen LogP contribution in [0.25, 0.3) is 0 Å². The first kappa shape index (κ1) is 14.0. The molecule has 0 aromatic heterocycles. The van der Waals surface area contributed by atoms with Gasteiger partial charge in [0.1, 0.15) is 18.5 Å². The van der Waals surface area contributed by atoms with Gasteiger partial charge in [-0.15, -0.1) is 0 Å². The van der Waals surface area contributed by atoms with Gasteiger partial charge in [0.05, 0.1) is 0 Å². The minimum absolute atomic E-state index is 0.144. The van der Waals surface area contributed by atoms with E-state index in [2.05, 4.69) is 4.72 Å². The molecule has 1 saturated heterocycles. The average Bonchev–Trinajstić information content (AvgIpc) is 3.13. The molecule has 1 N–H and O–H groups in total. The molecule has 2 rings (SSSR count). The highest BCUT2D eigenvalue weighted by Crippen LogP contribution is 2.18. The van der Waals surface area contributed by atoms with E-state index in [4.69, 9.17) is 4.74 Å². The van der Waals surface area contributed by atoms with Crippen LogP contribution in [0.1, 0.15) is 5.56 Å². The molecule has 1 aliphatic rings. The predicted molar refractivity (Wildman–Crippen MR) is 69.6 cm³/mol. The van der Waals surface area contributed by atoms with Crippen molar-refractivity contribution in [3.63, 3.8) is 0 Å². The molecule has 0 spiro atoms. The number of nitrogens with zero attached hydrogens (tertiary/aromatic N) is 1. The Morgan fingerprint density at radius 3 is 2.63 bits per heavy atom. The summed E-state index contributed by atoms with van der Waals surface area (Å²) in [5, 5.41) is -0.519. The van der Waals surface area contributed by atoms with E-state index in [-0.39, 0.29) is 13.2 Å². The summed E-state index contributed by atoms with van der Waals surface area (Å²) in [5.74, 6) is -0.587. The Morgan fingerprint density at radius 2 is 2.05 bits per heavy atom. The van der Waals surface area contributed by atoms with E-state index < -0.39 is 21.4 Å². The number of benzene rings is 1. The fraction of sp³-hybridized carbons (Fsp3) is 0.417. The average molecular weight is 284 g/mol. The van der Waals surface area contributed by atoms with Gasteiger partial charge in [-0.2, -0.15) is 0 Å². The second-order valence-corrected chi connectivity index (χ2v) is 6.33. The number of nitrogens with one attached hydrogen (secondary N) is 1. The maximum atomic E-state index is 11.6. The molecule has 19 heavy (non-hydrogen) atoms. The minimum Gasteiger partial charge on any atom is -0.460 e. The molecule has 0 radical (unpaired) electrons. The van der Waals surface area contributed by atoms with Crippen LogP contribution in [0.2, 0.25) is 0 Å². The van der Waals surface area contributed by atoms with Crippen LogP contribution in [0.3, 0.4) is 0 Å². The third-order valence-electron chi connectivity index (χ3n) is 2.82. The first-order chi connectivity index (χ1) is 8.99. The smallest absolute Gasteiger partial charge is 0.321 e. The molecule has 2 unspecified atom stereocenters. The zero-order valence-corrected chi connectivity index (χ0v) is 11.4. The van der Waals surface area contributed by atoms with Crippen LogP contribution in [-0.2, 0) is 26.2 Å². The largest absolute Gasteiger partial charge is 0.460 e. The van der Waals surface area contributed by atoms with Crippen molar-refractivity contribution >= 4 is 16.0 Å². The SMILES string of the molecule is CN1CC1S(=O)(=O)NCC(=O)OCc1ccccc1. The summed E-state index contributed by atoms with van der Waals surface area (Å²) in [7, 11) is -1.73. The molecule has 1 heterocycles. The second-order valence-electron chi connectivity index (χ2n) is 4.41. The number of sulfonamides is 1. The van der Waals surface area contributed by atoms with Gasteiger partial charge in [-0.05, 0) is 12.6 Å². The lowest BCUT2D eigenvalue weighted by Crippen LogP contribution is -2.34. The van der Waals surface area contributed by atoms with Crippen LogP contribution >= 0.6 is 0 Å². The van der Waals surface area contributed by atoms with Crippen molar-refractivity contribution in [2.45, 2.75) is 12.0 Å². The van der Waals surface area contributed by atoms with Crippen molar-refractivity contribution in [2.24, 2.45) is 0 Å². The molecular weight excluding hydrogens is 268 g/mol. The Hall–Kier alpha value is -1.44. The van der Waals surface area contributed by atoms with Crippen LogP contribution in [0.4, 0.5) is 0 Å². The summed E-state index contributed by atoms with van der Waals surface area (Å²) < 4.78 is 30.5. The van der Waals surface area contributed by atoms with Crippen molar-refractivity contribution in [3.8, 4) is 0 Å². The van der Waals surface area contributed by atoms with E-state index in [9.17, 15) is 13.2 Å². The predicted octanol–water partition coefficient (Wildman–Crippen LogP) is -0.0793. The number of hydrogen-bond acceptors (Lipinski definition) is 5. The Labute approximate surface area is 112 Å². The van der Waals surface area contributed by atoms with Crippen molar-refractivity contribution in [1.29, 1.82) is 0 Å². The normalized spacial score (nSPS) is 21.9. The van der Waals surface area contributed by atoms with E-state index in [0.717, 1.165) is 5.56 Å². The Bertz CT molecular complexity index is 544. The second kappa shape index (κ2) is 5.68. The first-order valence-corrected chi connectivity index (χ1v) is 7.42. The highest BCUT2D eigenvalue weighted by molar-refractivity contribution is 7.90. The molecule has 1 aromatic carbocycles. The zero-order chi connectivity index (χ0) is 13.9. The number of hydrogen-bond donors (Lipinski definition) is 1. The van der Waals surface area contributed by atoms with Gasteiger partial charge < -0.3 is 4.74 Å². The molecule has 0 saturated carbocycles. The van der Waals surface area contributed by atoms with Gasteiger partial charge in [0.25, 0.3) is 0 Å². The monoisotopic (exact) mass is 284 g/mol. The lowest BCUT2D eigenvalue weighted by molar-refractivity contribution is -0.143. The highest BCUT2D eigenvalue weighted by atomic mass is 32.2. The molecule has 1 aliphatic heterocycles. The van der Waals surface area contributed by atoms with Crippen LogP contribution in [0, 0.1) is 0 Å². The molecule has 104 valence electrons. The number of likely N-dealkylation sites (N-methyl/N-ethyl adjacent to an activating group) is 1. The van der Waals surface area contributed by atoms with Crippen molar-refractivity contribution in [1.82, 2.24) is 9.62 Å². The molecule has 6 nitrogen and oxygen atoms in total. The number of rotatable bonds is 6. The van der Waals surface area contributed by atoms with E-state index in [1.54, 1.807) is 11.9 Å². The van der Waals surface area contributed by atoms with Crippen LogP contribution < -0.4 is 4.72 Å². The first-order valence-electron chi connectivity index (χ1n) is 5.87. The summed E-state index contributed by atoms with van der Waals surface area (Å²) in [6.07, 6.45) is 0. The van der Waals surface area contributed by atoms with Gasteiger partial charge in [0, 0.05) is 6.54 Å². The van der Waals surface area contributed by atoms with E-state index in [1.165, 1.54) is 0 Å². The van der Waals surface area contributed by atoms with E-state index >= 15 is 0 Å². The molecule has 0 amide bonds. The third kappa shape index (κ3) is 4.02. The maximum absolute atomic E-state index is 11.6.